The third-order valence-corrected chi connectivity index (χ3v) is 9.54. The number of hydrogen-bond acceptors (Lipinski definition) is 12. The Balaban J connectivity index is 1.99. The lowest BCUT2D eigenvalue weighted by Crippen LogP contribution is -2.53. The lowest BCUT2D eigenvalue weighted by molar-refractivity contribution is -0.142. The molecular formula is C34H61N7O10S. The molecule has 1 aliphatic heterocycles. The van der Waals surface area contributed by atoms with E-state index in [4.69, 9.17) is 21.7 Å². The second kappa shape index (κ2) is 25.9. The van der Waals surface area contributed by atoms with Crippen molar-refractivity contribution in [3.05, 3.63) is 12.2 Å². The molecule has 17 nitrogen and oxygen atoms in total. The zero-order valence-electron chi connectivity index (χ0n) is 30.8. The predicted molar refractivity (Wildman–Crippen MR) is 199 cm³/mol. The van der Waals surface area contributed by atoms with Crippen LogP contribution in [0.1, 0.15) is 33.1 Å². The number of rotatable bonds is 22. The van der Waals surface area contributed by atoms with Crippen LogP contribution >= 0.6 is 12.2 Å². The molecule has 3 unspecified atom stereocenters. The zero-order valence-corrected chi connectivity index (χ0v) is 31.6. The summed E-state index contributed by atoms with van der Waals surface area (Å²) in [6, 6.07) is -0.347. The molecule has 0 radical (unpaired) electrons. The predicted octanol–water partition coefficient (Wildman–Crippen LogP) is -0.521. The van der Waals surface area contributed by atoms with Crippen LogP contribution in [0.3, 0.4) is 0 Å². The molecule has 1 heterocycles. The van der Waals surface area contributed by atoms with Crippen LogP contribution in [0.2, 0.25) is 0 Å². The fourth-order valence-corrected chi connectivity index (χ4v) is 6.69. The van der Waals surface area contributed by atoms with Crippen LogP contribution in [0, 0.1) is 5.92 Å². The van der Waals surface area contributed by atoms with E-state index in [2.05, 4.69) is 41.5 Å². The van der Waals surface area contributed by atoms with Crippen LogP contribution in [0.15, 0.2) is 12.2 Å². The van der Waals surface area contributed by atoms with Crippen molar-refractivity contribution < 1.29 is 49.1 Å². The fraction of sp³-hybridized carbons (Fsp3) is 0.794. The van der Waals surface area contributed by atoms with Gasteiger partial charge < -0.3 is 45.4 Å². The summed E-state index contributed by atoms with van der Waals surface area (Å²) >= 11 is 5.49. The van der Waals surface area contributed by atoms with Crippen molar-refractivity contribution in [1.82, 2.24) is 35.1 Å². The van der Waals surface area contributed by atoms with Crippen molar-refractivity contribution >= 4 is 41.2 Å². The van der Waals surface area contributed by atoms with E-state index in [1.54, 1.807) is 19.6 Å². The van der Waals surface area contributed by atoms with Crippen LogP contribution in [-0.2, 0) is 28.7 Å². The second-order valence-corrected chi connectivity index (χ2v) is 13.6. The number of carboxylic acids is 4. The molecule has 0 amide bonds. The number of aliphatic carboxylic acids is 4. The average Bonchev–Trinajstić information content (AvgIpc) is 3.07. The molecule has 0 aromatic rings. The minimum atomic E-state index is -1.04. The lowest BCUT2D eigenvalue weighted by atomic mass is 9.87. The second-order valence-electron chi connectivity index (χ2n) is 13.2. The molecule has 1 aliphatic carbocycles. The number of allylic oxidation sites excluding steroid dienone is 1. The summed E-state index contributed by atoms with van der Waals surface area (Å²) in [6.45, 7) is 10.7. The number of carboxylic acid groups (broad SMARTS) is 4. The van der Waals surface area contributed by atoms with Crippen LogP contribution in [0.5, 0.6) is 0 Å². The molecule has 6 N–H and O–H groups in total. The van der Waals surface area contributed by atoms with E-state index in [0.717, 1.165) is 32.5 Å². The molecule has 0 aromatic carbocycles. The Labute approximate surface area is 312 Å². The SMILES string of the molecule is CCN(CC)CCOCCOCCNC(=S)NC1C=CC(CC2CN(CC(=O)O)CCN(CC(=O)O)CCN(CC(=O)O)CCN2CC(=O)O)CC1. The molecule has 0 spiro atoms. The van der Waals surface area contributed by atoms with Crippen molar-refractivity contribution in [3.63, 3.8) is 0 Å². The van der Waals surface area contributed by atoms with Gasteiger partial charge in [0, 0.05) is 71.0 Å². The summed E-state index contributed by atoms with van der Waals surface area (Å²) in [5.74, 6) is -4.05. The van der Waals surface area contributed by atoms with Crippen molar-refractivity contribution in [2.75, 3.05) is 125 Å². The first-order chi connectivity index (χ1) is 24.9. The zero-order chi connectivity index (χ0) is 38.3. The first-order valence-electron chi connectivity index (χ1n) is 18.3. The third-order valence-electron chi connectivity index (χ3n) is 9.27. The molecule has 298 valence electrons. The van der Waals surface area contributed by atoms with Gasteiger partial charge in [0.05, 0.1) is 52.6 Å². The van der Waals surface area contributed by atoms with Gasteiger partial charge in [-0.2, -0.15) is 0 Å². The minimum absolute atomic E-state index is 0.0103. The highest BCUT2D eigenvalue weighted by atomic mass is 32.1. The monoisotopic (exact) mass is 759 g/mol. The molecule has 1 saturated heterocycles. The van der Waals surface area contributed by atoms with Gasteiger partial charge in [0.15, 0.2) is 5.11 Å². The van der Waals surface area contributed by atoms with Gasteiger partial charge in [0.2, 0.25) is 0 Å². The molecule has 3 atom stereocenters. The normalized spacial score (nSPS) is 21.6. The first-order valence-corrected chi connectivity index (χ1v) is 18.7. The van der Waals surface area contributed by atoms with E-state index < -0.39 is 23.9 Å². The number of thiocarbonyl (C=S) groups is 1. The molecule has 0 saturated carbocycles. The molecule has 52 heavy (non-hydrogen) atoms. The van der Waals surface area contributed by atoms with Crippen LogP contribution in [0.4, 0.5) is 0 Å². The number of nitrogens with one attached hydrogen (secondary N) is 2. The van der Waals surface area contributed by atoms with Crippen LogP contribution in [-0.4, -0.2) is 211 Å². The highest BCUT2D eigenvalue weighted by molar-refractivity contribution is 7.80. The Hall–Kier alpha value is -2.97. The largest absolute Gasteiger partial charge is 0.480 e. The maximum atomic E-state index is 12.0. The molecular weight excluding hydrogens is 698 g/mol. The van der Waals surface area contributed by atoms with Gasteiger partial charge in [-0.1, -0.05) is 26.0 Å². The van der Waals surface area contributed by atoms with Gasteiger partial charge in [-0.15, -0.1) is 0 Å². The summed E-state index contributed by atoms with van der Waals surface area (Å²) in [7, 11) is 0. The molecule has 2 rings (SSSR count). The molecule has 1 fully saturated rings. The summed E-state index contributed by atoms with van der Waals surface area (Å²) < 4.78 is 11.3. The van der Waals surface area contributed by atoms with Gasteiger partial charge in [-0.3, -0.25) is 38.8 Å². The Morgan fingerprint density at radius 2 is 1.27 bits per heavy atom. The first kappa shape index (κ1) is 45.2. The summed E-state index contributed by atoms with van der Waals surface area (Å²) in [5, 5.41) is 45.5. The fourth-order valence-electron chi connectivity index (χ4n) is 6.44. The highest BCUT2D eigenvalue weighted by Gasteiger charge is 2.30. The summed E-state index contributed by atoms with van der Waals surface area (Å²) in [6.07, 6.45) is 6.28. The van der Waals surface area contributed by atoms with E-state index in [9.17, 15) is 39.6 Å². The standard InChI is InChI=1S/C34H61N7O10S/c1-3-37(4-2)16-18-51-20-19-50-17-9-35-34(52)36-28-7-5-27(6-8-28)21-29-22-40(25-32(46)47)13-12-38(23-30(42)43)10-11-39(24-31(44)45)14-15-41(29)26-33(48)49/h5,7,27-29H,3-4,6,8-26H2,1-2H3,(H,42,43)(H,44,45)(H,46,47)(H,48,49)(H2,35,36,52). The highest BCUT2D eigenvalue weighted by Crippen LogP contribution is 2.25. The van der Waals surface area contributed by atoms with Gasteiger partial charge in [0.25, 0.3) is 0 Å². The van der Waals surface area contributed by atoms with Gasteiger partial charge in [-0.05, 0) is 50.5 Å². The van der Waals surface area contributed by atoms with E-state index in [1.807, 2.05) is 0 Å². The Morgan fingerprint density at radius 1 is 0.731 bits per heavy atom. The number of nitrogens with zero attached hydrogens (tertiary/aromatic N) is 5. The van der Waals surface area contributed by atoms with E-state index >= 15 is 0 Å². The number of hydrogen-bond donors (Lipinski definition) is 6. The molecule has 2 aliphatic rings. The van der Waals surface area contributed by atoms with Crippen molar-refractivity contribution in [3.8, 4) is 0 Å². The summed E-state index contributed by atoms with van der Waals surface area (Å²) in [4.78, 5) is 56.2. The number of carbonyl (C=O) groups is 4. The van der Waals surface area contributed by atoms with Gasteiger partial charge in [-0.25, -0.2) is 0 Å². The molecule has 0 bridgehead atoms. The van der Waals surface area contributed by atoms with Crippen molar-refractivity contribution in [2.45, 2.75) is 45.2 Å². The minimum Gasteiger partial charge on any atom is -0.480 e. The van der Waals surface area contributed by atoms with Crippen molar-refractivity contribution in [1.29, 1.82) is 0 Å². The Morgan fingerprint density at radius 3 is 1.81 bits per heavy atom. The Bertz CT molecular complexity index is 1130. The number of likely N-dealkylation sites (N-methyl/N-ethyl adjacent to an activating group) is 1. The van der Waals surface area contributed by atoms with E-state index in [1.165, 1.54) is 0 Å². The Kier molecular flexibility index (Phi) is 22.5. The number of ether oxygens (including phenoxy) is 2. The average molecular weight is 760 g/mol. The van der Waals surface area contributed by atoms with E-state index in [-0.39, 0.29) is 90.0 Å². The molecule has 0 aromatic heterocycles. The van der Waals surface area contributed by atoms with Crippen LogP contribution in [0.25, 0.3) is 0 Å². The molecule has 18 heteroatoms. The van der Waals surface area contributed by atoms with Gasteiger partial charge in [0.1, 0.15) is 0 Å². The van der Waals surface area contributed by atoms with Crippen LogP contribution < -0.4 is 10.6 Å². The van der Waals surface area contributed by atoms with Gasteiger partial charge >= 0.3 is 23.9 Å². The third kappa shape index (κ3) is 20.3. The maximum absolute atomic E-state index is 12.0. The lowest BCUT2D eigenvalue weighted by Gasteiger charge is -2.39. The quantitative estimate of drug-likeness (QED) is 0.0466. The summed E-state index contributed by atoms with van der Waals surface area (Å²) in [5.41, 5.74) is 0. The van der Waals surface area contributed by atoms with Crippen molar-refractivity contribution in [2.24, 2.45) is 5.92 Å². The smallest absolute Gasteiger partial charge is 0.317 e. The maximum Gasteiger partial charge on any atom is 0.317 e. The van der Waals surface area contributed by atoms with E-state index in [0.29, 0.717) is 44.5 Å². The topological polar surface area (TPSA) is 208 Å².